The molecule has 18 heavy (non-hydrogen) atoms. The predicted molar refractivity (Wildman–Crippen MR) is 82.0 cm³/mol. The lowest BCUT2D eigenvalue weighted by atomic mass is 10.1. The van der Waals surface area contributed by atoms with E-state index < -0.39 is 0 Å². The molecule has 2 saturated carbocycles. The average Bonchev–Trinajstić information content (AvgIpc) is 2.99. The van der Waals surface area contributed by atoms with Crippen LogP contribution in [0.5, 0.6) is 0 Å². The first-order chi connectivity index (χ1) is 7.93. The summed E-state index contributed by atoms with van der Waals surface area (Å²) in [6.45, 7) is 2.57. The Balaban J connectivity index is 0.000000162. The molecule has 2 N–H and O–H groups in total. The van der Waals surface area contributed by atoms with Gasteiger partial charge in [0.1, 0.15) is 0 Å². The van der Waals surface area contributed by atoms with Crippen LogP contribution in [0.3, 0.4) is 0 Å². The molecule has 0 aromatic heterocycles. The molecule has 108 valence electrons. The fraction of sp³-hybridized carbons (Fsp3) is 1.00. The number of hydrogen-bond donors (Lipinski definition) is 2. The van der Waals surface area contributed by atoms with Gasteiger partial charge in [-0.3, -0.25) is 0 Å². The minimum atomic E-state index is 0. The van der Waals surface area contributed by atoms with Gasteiger partial charge in [0, 0.05) is 12.1 Å². The van der Waals surface area contributed by atoms with Gasteiger partial charge in [0.25, 0.3) is 0 Å². The summed E-state index contributed by atoms with van der Waals surface area (Å²) in [5.74, 6) is 2.13. The molecule has 0 aromatic rings. The van der Waals surface area contributed by atoms with Crippen LogP contribution in [-0.2, 0) is 0 Å². The Hall–Kier alpha value is 0.500. The van der Waals surface area contributed by atoms with Crippen LogP contribution in [0.15, 0.2) is 0 Å². The highest BCUT2D eigenvalue weighted by Crippen LogP contribution is 2.32. The van der Waals surface area contributed by atoms with Crippen molar-refractivity contribution in [2.75, 3.05) is 13.1 Å². The van der Waals surface area contributed by atoms with Gasteiger partial charge in [-0.15, -0.1) is 24.8 Å². The van der Waals surface area contributed by atoms with Crippen LogP contribution in [0.4, 0.5) is 0 Å². The zero-order chi connectivity index (χ0) is 10.8. The van der Waals surface area contributed by atoms with E-state index in [1.165, 1.54) is 64.5 Å². The minimum Gasteiger partial charge on any atom is -0.314 e. The smallest absolute Gasteiger partial charge is 0.00958 e. The van der Waals surface area contributed by atoms with Crippen molar-refractivity contribution < 1.29 is 0 Å². The second kappa shape index (κ2) is 7.94. The van der Waals surface area contributed by atoms with E-state index in [9.17, 15) is 0 Å². The normalized spacial score (nSPS) is 40.0. The highest BCUT2D eigenvalue weighted by molar-refractivity contribution is 5.85. The van der Waals surface area contributed by atoms with E-state index in [4.69, 9.17) is 0 Å². The van der Waals surface area contributed by atoms with Crippen LogP contribution in [0, 0.1) is 11.8 Å². The molecule has 4 heteroatoms. The second-order valence-electron chi connectivity index (χ2n) is 6.08. The summed E-state index contributed by atoms with van der Waals surface area (Å²) >= 11 is 0. The van der Waals surface area contributed by atoms with Crippen LogP contribution in [0.1, 0.15) is 51.4 Å². The molecule has 2 aliphatic heterocycles. The van der Waals surface area contributed by atoms with E-state index in [-0.39, 0.29) is 24.8 Å². The average molecular weight is 295 g/mol. The molecule has 2 nitrogen and oxygen atoms in total. The molecule has 4 fully saturated rings. The van der Waals surface area contributed by atoms with Crippen molar-refractivity contribution in [3.63, 3.8) is 0 Å². The Bertz CT molecular complexity index is 174. The monoisotopic (exact) mass is 294 g/mol. The Kier molecular flexibility index (Phi) is 7.30. The summed E-state index contributed by atoms with van der Waals surface area (Å²) in [6.07, 6.45) is 11.7. The van der Waals surface area contributed by atoms with Gasteiger partial charge < -0.3 is 10.6 Å². The summed E-state index contributed by atoms with van der Waals surface area (Å²) in [5, 5.41) is 7.04. The van der Waals surface area contributed by atoms with Crippen molar-refractivity contribution in [1.29, 1.82) is 0 Å². The maximum atomic E-state index is 3.52. The molecule has 0 amide bonds. The number of fused-ring (bicyclic) bond motifs is 2. The van der Waals surface area contributed by atoms with Crippen molar-refractivity contribution >= 4 is 24.8 Å². The molecule has 0 bridgehead atoms. The van der Waals surface area contributed by atoms with E-state index in [0.717, 1.165) is 23.9 Å². The van der Waals surface area contributed by atoms with E-state index in [0.29, 0.717) is 0 Å². The van der Waals surface area contributed by atoms with Crippen molar-refractivity contribution in [3.05, 3.63) is 0 Å². The molecule has 2 aliphatic carbocycles. The fourth-order valence-electron chi connectivity index (χ4n) is 4.21. The molecular formula is C14H28Cl2N2. The lowest BCUT2D eigenvalue weighted by Crippen LogP contribution is -2.21. The maximum Gasteiger partial charge on any atom is 0.00958 e. The highest BCUT2D eigenvalue weighted by Gasteiger charge is 2.31. The Labute approximate surface area is 124 Å². The van der Waals surface area contributed by atoms with Crippen molar-refractivity contribution in [2.24, 2.45) is 11.8 Å². The summed E-state index contributed by atoms with van der Waals surface area (Å²) in [6, 6.07) is 1.85. The van der Waals surface area contributed by atoms with Gasteiger partial charge in [-0.2, -0.15) is 0 Å². The maximum absolute atomic E-state index is 3.52. The Morgan fingerprint density at radius 1 is 0.556 bits per heavy atom. The van der Waals surface area contributed by atoms with Crippen LogP contribution >= 0.6 is 24.8 Å². The van der Waals surface area contributed by atoms with Gasteiger partial charge >= 0.3 is 0 Å². The van der Waals surface area contributed by atoms with Crippen molar-refractivity contribution in [2.45, 2.75) is 63.5 Å². The first kappa shape index (κ1) is 16.6. The molecular weight excluding hydrogens is 267 g/mol. The van der Waals surface area contributed by atoms with E-state index in [1.54, 1.807) is 0 Å². The van der Waals surface area contributed by atoms with Crippen molar-refractivity contribution in [1.82, 2.24) is 10.6 Å². The van der Waals surface area contributed by atoms with Crippen LogP contribution in [0.2, 0.25) is 0 Å². The third kappa shape index (κ3) is 3.75. The number of halogens is 2. The van der Waals surface area contributed by atoms with Crippen LogP contribution in [-0.4, -0.2) is 25.2 Å². The van der Waals surface area contributed by atoms with E-state index in [2.05, 4.69) is 10.6 Å². The first-order valence-electron chi connectivity index (χ1n) is 7.40. The first-order valence-corrected chi connectivity index (χ1v) is 7.40. The van der Waals surface area contributed by atoms with E-state index >= 15 is 0 Å². The zero-order valence-corrected chi connectivity index (χ0v) is 12.8. The quantitative estimate of drug-likeness (QED) is 0.717. The van der Waals surface area contributed by atoms with Gasteiger partial charge in [0.2, 0.25) is 0 Å². The molecule has 4 atom stereocenters. The molecule has 0 unspecified atom stereocenters. The second-order valence-corrected chi connectivity index (χ2v) is 6.08. The molecule has 2 heterocycles. The summed E-state index contributed by atoms with van der Waals surface area (Å²) in [4.78, 5) is 0. The standard InChI is InChI=1S/2C7H13N.2ClH/c2*1-2-6-4-5-8-7(6)3-1;;/h2*6-8H,1-5H2;2*1H/t2*6-,7-;;/m10../s1. The molecule has 0 radical (unpaired) electrons. The van der Waals surface area contributed by atoms with Gasteiger partial charge in [0.05, 0.1) is 0 Å². The lowest BCUT2D eigenvalue weighted by Gasteiger charge is -2.05. The molecule has 4 aliphatic rings. The molecule has 0 spiro atoms. The number of nitrogens with one attached hydrogen (secondary N) is 2. The van der Waals surface area contributed by atoms with E-state index in [1.807, 2.05) is 0 Å². The van der Waals surface area contributed by atoms with Gasteiger partial charge in [0.15, 0.2) is 0 Å². The fourth-order valence-corrected chi connectivity index (χ4v) is 4.21. The topological polar surface area (TPSA) is 24.1 Å². The zero-order valence-electron chi connectivity index (χ0n) is 11.2. The molecule has 2 saturated heterocycles. The SMILES string of the molecule is C1C[C@@H]2CCN[C@@H]2C1.C1C[C@H]2CCN[C@H]2C1.Cl.Cl. The number of rotatable bonds is 0. The Morgan fingerprint density at radius 2 is 1.00 bits per heavy atom. The number of hydrogen-bond acceptors (Lipinski definition) is 2. The predicted octanol–water partition coefficient (Wildman–Crippen LogP) is 3.14. The third-order valence-corrected chi connectivity index (χ3v) is 5.16. The van der Waals surface area contributed by atoms with Crippen LogP contribution < -0.4 is 10.6 Å². The van der Waals surface area contributed by atoms with Crippen molar-refractivity contribution in [3.8, 4) is 0 Å². The third-order valence-electron chi connectivity index (χ3n) is 5.16. The minimum absolute atomic E-state index is 0. The largest absolute Gasteiger partial charge is 0.314 e. The van der Waals surface area contributed by atoms with Crippen LogP contribution in [0.25, 0.3) is 0 Å². The Morgan fingerprint density at radius 3 is 1.39 bits per heavy atom. The summed E-state index contributed by atoms with van der Waals surface area (Å²) < 4.78 is 0. The van der Waals surface area contributed by atoms with Gasteiger partial charge in [-0.1, -0.05) is 12.8 Å². The lowest BCUT2D eigenvalue weighted by molar-refractivity contribution is 0.518. The summed E-state index contributed by atoms with van der Waals surface area (Å²) in [5.41, 5.74) is 0. The van der Waals surface area contributed by atoms with Gasteiger partial charge in [-0.25, -0.2) is 0 Å². The van der Waals surface area contributed by atoms with Gasteiger partial charge in [-0.05, 0) is 63.5 Å². The summed E-state index contributed by atoms with van der Waals surface area (Å²) in [7, 11) is 0. The highest BCUT2D eigenvalue weighted by atomic mass is 35.5. The molecule has 0 aromatic carbocycles. The molecule has 4 rings (SSSR count).